The molecule has 0 radical (unpaired) electrons. The van der Waals surface area contributed by atoms with Crippen molar-refractivity contribution in [3.8, 4) is 5.75 Å². The molecule has 0 saturated heterocycles. The summed E-state index contributed by atoms with van der Waals surface area (Å²) in [6.45, 7) is 9.79. The van der Waals surface area contributed by atoms with E-state index in [1.165, 1.54) is 24.8 Å². The lowest BCUT2D eigenvalue weighted by Gasteiger charge is -2.08. The Morgan fingerprint density at radius 2 is 1.70 bits per heavy atom. The minimum absolute atomic E-state index is 0.752. The van der Waals surface area contributed by atoms with Gasteiger partial charge in [-0.15, -0.1) is 0 Å². The number of nitrogens with one attached hydrogen (secondary N) is 1. The Hall–Kier alpha value is -1.02. The molecule has 0 spiro atoms. The molecule has 20 heavy (non-hydrogen) atoms. The Kier molecular flexibility index (Phi) is 9.14. The molecule has 1 N–H and O–H groups in total. The molecular formula is C18H31NO. The van der Waals surface area contributed by atoms with E-state index in [0.717, 1.165) is 44.2 Å². The van der Waals surface area contributed by atoms with Gasteiger partial charge >= 0.3 is 0 Å². The van der Waals surface area contributed by atoms with E-state index in [2.05, 4.69) is 50.4 Å². The van der Waals surface area contributed by atoms with Gasteiger partial charge in [0, 0.05) is 0 Å². The van der Waals surface area contributed by atoms with Crippen LogP contribution in [0.1, 0.15) is 52.0 Å². The third-order valence-corrected chi connectivity index (χ3v) is 3.40. The molecule has 1 rings (SSSR count). The molecule has 0 heterocycles. The molecular weight excluding hydrogens is 246 g/mol. The van der Waals surface area contributed by atoms with Gasteiger partial charge in [-0.05, 0) is 56.0 Å². The minimum Gasteiger partial charge on any atom is -0.494 e. The van der Waals surface area contributed by atoms with Crippen molar-refractivity contribution in [3.63, 3.8) is 0 Å². The van der Waals surface area contributed by atoms with Crippen LogP contribution in [0.4, 0.5) is 0 Å². The molecule has 0 aliphatic rings. The Morgan fingerprint density at radius 1 is 1.00 bits per heavy atom. The van der Waals surface area contributed by atoms with E-state index in [9.17, 15) is 0 Å². The number of rotatable bonds is 11. The molecule has 1 aromatic carbocycles. The van der Waals surface area contributed by atoms with Crippen molar-refractivity contribution in [1.82, 2.24) is 5.32 Å². The highest BCUT2D eigenvalue weighted by Gasteiger charge is 1.96. The molecule has 0 atom stereocenters. The van der Waals surface area contributed by atoms with E-state index in [0.29, 0.717) is 0 Å². The molecule has 0 aliphatic heterocycles. The highest BCUT2D eigenvalue weighted by molar-refractivity contribution is 5.27. The quantitative estimate of drug-likeness (QED) is 0.604. The maximum atomic E-state index is 5.75. The maximum Gasteiger partial charge on any atom is 0.119 e. The number of hydrogen-bond donors (Lipinski definition) is 1. The van der Waals surface area contributed by atoms with E-state index >= 15 is 0 Å². The van der Waals surface area contributed by atoms with Gasteiger partial charge in [-0.3, -0.25) is 0 Å². The Balaban J connectivity index is 1.94. The fourth-order valence-electron chi connectivity index (χ4n) is 2.11. The van der Waals surface area contributed by atoms with Gasteiger partial charge in [0.2, 0.25) is 0 Å². The number of hydrogen-bond acceptors (Lipinski definition) is 2. The molecule has 0 aromatic heterocycles. The van der Waals surface area contributed by atoms with E-state index in [4.69, 9.17) is 4.74 Å². The van der Waals surface area contributed by atoms with Gasteiger partial charge in [0.1, 0.15) is 5.75 Å². The average Bonchev–Trinajstić information content (AvgIpc) is 2.46. The van der Waals surface area contributed by atoms with Gasteiger partial charge in [0.05, 0.1) is 6.61 Å². The summed E-state index contributed by atoms with van der Waals surface area (Å²) in [6, 6.07) is 8.45. The van der Waals surface area contributed by atoms with Crippen LogP contribution < -0.4 is 10.1 Å². The Bertz CT molecular complexity index is 332. The first-order valence-electron chi connectivity index (χ1n) is 8.14. The first-order valence-corrected chi connectivity index (χ1v) is 8.14. The predicted molar refractivity (Wildman–Crippen MR) is 87.5 cm³/mol. The standard InChI is InChI=1S/C18H31NO/c1-4-17-9-11-18(12-10-17)20-14-8-6-5-7-13-19-15-16(2)3/h9-12,16,19H,4-8,13-15H2,1-3H3. The molecule has 114 valence electrons. The van der Waals surface area contributed by atoms with Crippen molar-refractivity contribution in [2.24, 2.45) is 5.92 Å². The summed E-state index contributed by atoms with van der Waals surface area (Å²) in [5.74, 6) is 1.75. The van der Waals surface area contributed by atoms with Gasteiger partial charge in [-0.1, -0.05) is 45.7 Å². The summed E-state index contributed by atoms with van der Waals surface area (Å²) in [5.41, 5.74) is 1.37. The van der Waals surface area contributed by atoms with Crippen molar-refractivity contribution in [2.75, 3.05) is 19.7 Å². The van der Waals surface area contributed by atoms with Crippen LogP contribution in [0, 0.1) is 5.92 Å². The summed E-state index contributed by atoms with van der Waals surface area (Å²) in [4.78, 5) is 0. The largest absolute Gasteiger partial charge is 0.494 e. The van der Waals surface area contributed by atoms with Crippen LogP contribution >= 0.6 is 0 Å². The van der Waals surface area contributed by atoms with Crippen LogP contribution in [0.2, 0.25) is 0 Å². The summed E-state index contributed by atoms with van der Waals surface area (Å²) in [7, 11) is 0. The molecule has 0 aliphatic carbocycles. The van der Waals surface area contributed by atoms with E-state index in [-0.39, 0.29) is 0 Å². The molecule has 0 amide bonds. The predicted octanol–water partition coefficient (Wildman–Crippen LogP) is 4.43. The smallest absolute Gasteiger partial charge is 0.119 e. The number of unbranched alkanes of at least 4 members (excludes halogenated alkanes) is 3. The highest BCUT2D eigenvalue weighted by Crippen LogP contribution is 2.13. The van der Waals surface area contributed by atoms with E-state index < -0.39 is 0 Å². The molecule has 2 nitrogen and oxygen atoms in total. The topological polar surface area (TPSA) is 21.3 Å². The fourth-order valence-corrected chi connectivity index (χ4v) is 2.11. The summed E-state index contributed by atoms with van der Waals surface area (Å²) >= 11 is 0. The highest BCUT2D eigenvalue weighted by atomic mass is 16.5. The average molecular weight is 277 g/mol. The third-order valence-electron chi connectivity index (χ3n) is 3.40. The molecule has 2 heteroatoms. The van der Waals surface area contributed by atoms with Crippen LogP contribution in [-0.4, -0.2) is 19.7 Å². The lowest BCUT2D eigenvalue weighted by atomic mass is 10.1. The van der Waals surface area contributed by atoms with Gasteiger partial charge in [0.15, 0.2) is 0 Å². The van der Waals surface area contributed by atoms with E-state index in [1.807, 2.05) is 0 Å². The first kappa shape index (κ1) is 17.0. The van der Waals surface area contributed by atoms with Crippen molar-refractivity contribution in [2.45, 2.75) is 52.9 Å². The molecule has 0 fully saturated rings. The fraction of sp³-hybridized carbons (Fsp3) is 0.667. The maximum absolute atomic E-state index is 5.75. The second-order valence-corrected chi connectivity index (χ2v) is 5.86. The van der Waals surface area contributed by atoms with Crippen LogP contribution in [0.25, 0.3) is 0 Å². The second kappa shape index (κ2) is 10.7. The van der Waals surface area contributed by atoms with Crippen molar-refractivity contribution >= 4 is 0 Å². The van der Waals surface area contributed by atoms with Crippen molar-refractivity contribution < 1.29 is 4.74 Å². The summed E-state index contributed by atoms with van der Waals surface area (Å²) < 4.78 is 5.75. The zero-order chi connectivity index (χ0) is 14.6. The van der Waals surface area contributed by atoms with Crippen LogP contribution in [-0.2, 0) is 6.42 Å². The zero-order valence-corrected chi connectivity index (χ0v) is 13.5. The monoisotopic (exact) mass is 277 g/mol. The van der Waals surface area contributed by atoms with Gasteiger partial charge in [-0.25, -0.2) is 0 Å². The van der Waals surface area contributed by atoms with Crippen LogP contribution in [0.15, 0.2) is 24.3 Å². The van der Waals surface area contributed by atoms with Gasteiger partial charge in [-0.2, -0.15) is 0 Å². The molecule has 1 aromatic rings. The second-order valence-electron chi connectivity index (χ2n) is 5.86. The number of aryl methyl sites for hydroxylation is 1. The number of benzene rings is 1. The molecule has 0 bridgehead atoms. The van der Waals surface area contributed by atoms with Crippen molar-refractivity contribution in [3.05, 3.63) is 29.8 Å². The SMILES string of the molecule is CCc1ccc(OCCCCCCNCC(C)C)cc1. The lowest BCUT2D eigenvalue weighted by Crippen LogP contribution is -2.20. The van der Waals surface area contributed by atoms with E-state index in [1.54, 1.807) is 0 Å². The summed E-state index contributed by atoms with van der Waals surface area (Å²) in [5, 5.41) is 3.48. The lowest BCUT2D eigenvalue weighted by molar-refractivity contribution is 0.304. The van der Waals surface area contributed by atoms with Gasteiger partial charge < -0.3 is 10.1 Å². The Labute approximate surface area is 124 Å². The van der Waals surface area contributed by atoms with Crippen LogP contribution in [0.5, 0.6) is 5.75 Å². The van der Waals surface area contributed by atoms with Gasteiger partial charge in [0.25, 0.3) is 0 Å². The summed E-state index contributed by atoms with van der Waals surface area (Å²) in [6.07, 6.45) is 6.07. The molecule has 0 saturated carbocycles. The number of ether oxygens (including phenoxy) is 1. The zero-order valence-electron chi connectivity index (χ0n) is 13.5. The Morgan fingerprint density at radius 3 is 2.35 bits per heavy atom. The normalized spacial score (nSPS) is 11.0. The molecule has 0 unspecified atom stereocenters. The minimum atomic E-state index is 0.752. The first-order chi connectivity index (χ1) is 9.72. The van der Waals surface area contributed by atoms with Crippen molar-refractivity contribution in [1.29, 1.82) is 0 Å². The van der Waals surface area contributed by atoms with Crippen LogP contribution in [0.3, 0.4) is 0 Å². The third kappa shape index (κ3) is 8.21.